The second-order valence-corrected chi connectivity index (χ2v) is 3.74. The smallest absolute Gasteiger partial charge is 0.0207 e. The fraction of sp³-hybridized carbons (Fsp3) is 1.00. The lowest BCUT2D eigenvalue weighted by molar-refractivity contribution is 0.164. The Morgan fingerprint density at radius 2 is 1.13 bits per heavy atom. The zero-order valence-electron chi connectivity index (χ0n) is 11.0. The lowest BCUT2D eigenvalue weighted by Crippen LogP contribution is -2.07. The quantitative estimate of drug-likeness (QED) is 0.416. The van der Waals surface area contributed by atoms with Crippen LogP contribution in [0.3, 0.4) is 0 Å². The van der Waals surface area contributed by atoms with Gasteiger partial charge in [-0.05, 0) is 6.42 Å². The van der Waals surface area contributed by atoms with Crippen molar-refractivity contribution in [1.82, 2.24) is 5.48 Å². The molecule has 0 heterocycles. The molecule has 0 unspecified atom stereocenters. The van der Waals surface area contributed by atoms with Gasteiger partial charge in [-0.25, -0.2) is 5.48 Å². The molecule has 0 aromatic heterocycles. The highest BCUT2D eigenvalue weighted by Gasteiger charge is 1.91. The Labute approximate surface area is 96.4 Å². The van der Waals surface area contributed by atoms with E-state index < -0.39 is 0 Å². The summed E-state index contributed by atoms with van der Waals surface area (Å²) in [5.74, 6) is 0. The molecule has 0 atom stereocenters. The van der Waals surface area contributed by atoms with Crippen LogP contribution < -0.4 is 5.48 Å². The number of hydrogen-bond acceptors (Lipinski definition) is 2. The van der Waals surface area contributed by atoms with Gasteiger partial charge in [0.25, 0.3) is 0 Å². The van der Waals surface area contributed by atoms with Crippen molar-refractivity contribution in [2.24, 2.45) is 0 Å². The van der Waals surface area contributed by atoms with Crippen molar-refractivity contribution in [3.8, 4) is 0 Å². The maximum atomic E-state index is 8.32. The van der Waals surface area contributed by atoms with Crippen LogP contribution in [0.25, 0.3) is 0 Å². The molecule has 15 heavy (non-hydrogen) atoms. The van der Waals surface area contributed by atoms with Gasteiger partial charge in [-0.1, -0.05) is 72.1 Å². The molecule has 0 rings (SSSR count). The minimum absolute atomic E-state index is 0.746. The molecule has 0 aliphatic rings. The van der Waals surface area contributed by atoms with Crippen LogP contribution in [0.2, 0.25) is 0 Å². The molecule has 94 valence electrons. The van der Waals surface area contributed by atoms with E-state index in [1.165, 1.54) is 51.4 Å². The molecule has 0 bridgehead atoms. The van der Waals surface area contributed by atoms with E-state index in [1.54, 1.807) is 0 Å². The Morgan fingerprint density at radius 1 is 0.733 bits per heavy atom. The van der Waals surface area contributed by atoms with Crippen molar-refractivity contribution < 1.29 is 5.21 Å². The lowest BCUT2D eigenvalue weighted by Gasteiger charge is -2.00. The summed E-state index contributed by atoms with van der Waals surface area (Å²) in [6.45, 7) is 7.00. The summed E-state index contributed by atoms with van der Waals surface area (Å²) in [7, 11) is 0. The highest BCUT2D eigenvalue weighted by Crippen LogP contribution is 2.08. The van der Waals surface area contributed by atoms with Crippen molar-refractivity contribution in [1.29, 1.82) is 0 Å². The van der Waals surface area contributed by atoms with Crippen molar-refractivity contribution in [2.75, 3.05) is 6.54 Å². The van der Waals surface area contributed by atoms with Gasteiger partial charge in [0.2, 0.25) is 0 Å². The van der Waals surface area contributed by atoms with Crippen molar-refractivity contribution in [2.45, 2.75) is 78.6 Å². The van der Waals surface area contributed by atoms with Gasteiger partial charge in [-0.2, -0.15) is 0 Å². The average Bonchev–Trinajstić information content (AvgIpc) is 2.30. The van der Waals surface area contributed by atoms with Crippen molar-refractivity contribution in [3.63, 3.8) is 0 Å². The summed E-state index contributed by atoms with van der Waals surface area (Å²) in [5, 5.41) is 8.32. The van der Waals surface area contributed by atoms with Gasteiger partial charge < -0.3 is 5.21 Å². The number of hydroxylamine groups is 1. The molecule has 0 aliphatic heterocycles. The molecule has 2 nitrogen and oxygen atoms in total. The van der Waals surface area contributed by atoms with Gasteiger partial charge in [-0.15, -0.1) is 0 Å². The third-order valence-electron chi connectivity index (χ3n) is 2.39. The molecule has 0 aromatic rings. The van der Waals surface area contributed by atoms with E-state index in [0.717, 1.165) is 13.0 Å². The Bertz CT molecular complexity index is 76.6. The van der Waals surface area contributed by atoms with E-state index in [-0.39, 0.29) is 0 Å². The van der Waals surface area contributed by atoms with Crippen LogP contribution in [0.15, 0.2) is 0 Å². The molecular weight excluding hydrogens is 186 g/mol. The first-order valence-corrected chi connectivity index (χ1v) is 6.78. The van der Waals surface area contributed by atoms with E-state index in [4.69, 9.17) is 5.21 Å². The normalized spacial score (nSPS) is 9.60. The van der Waals surface area contributed by atoms with Gasteiger partial charge >= 0.3 is 0 Å². The van der Waals surface area contributed by atoms with Crippen molar-refractivity contribution in [3.05, 3.63) is 0 Å². The first kappa shape index (κ1) is 17.3. The molecule has 0 amide bonds. The zero-order valence-corrected chi connectivity index (χ0v) is 11.0. The monoisotopic (exact) mass is 217 g/mol. The Hall–Kier alpha value is -0.0800. The second-order valence-electron chi connectivity index (χ2n) is 3.74. The minimum atomic E-state index is 0.746. The summed E-state index contributed by atoms with van der Waals surface area (Å²) in [5.41, 5.74) is 2.19. The Balaban J connectivity index is 0. The Morgan fingerprint density at radius 3 is 1.53 bits per heavy atom. The summed E-state index contributed by atoms with van der Waals surface area (Å²) < 4.78 is 0. The number of hydrogen-bond donors (Lipinski definition) is 2. The fourth-order valence-electron chi connectivity index (χ4n) is 1.51. The predicted octanol–water partition coefficient (Wildman–Crippen LogP) is 4.52. The fourth-order valence-corrected chi connectivity index (χ4v) is 1.51. The van der Waals surface area contributed by atoms with Crippen LogP contribution >= 0.6 is 0 Å². The molecule has 0 aliphatic carbocycles. The van der Waals surface area contributed by atoms with Crippen LogP contribution in [0.5, 0.6) is 0 Å². The van der Waals surface area contributed by atoms with Crippen LogP contribution in [0.4, 0.5) is 0 Å². The average molecular weight is 217 g/mol. The molecular formula is C13H31NO. The molecule has 0 spiro atoms. The largest absolute Gasteiger partial charge is 0.317 e. The maximum absolute atomic E-state index is 8.32. The second kappa shape index (κ2) is 19.5. The number of unbranched alkanes of at least 4 members (excludes halogenated alkanes) is 8. The zero-order chi connectivity index (χ0) is 11.8. The first-order chi connectivity index (χ1) is 7.41. The molecule has 0 fully saturated rings. The summed E-state index contributed by atoms with van der Waals surface area (Å²) in [4.78, 5) is 0. The summed E-state index contributed by atoms with van der Waals surface area (Å²) in [6, 6.07) is 0. The third-order valence-corrected chi connectivity index (χ3v) is 2.39. The van der Waals surface area contributed by atoms with Gasteiger partial charge in [0, 0.05) is 6.54 Å². The maximum Gasteiger partial charge on any atom is 0.0207 e. The molecule has 0 radical (unpaired) electrons. The number of rotatable bonds is 10. The molecule has 0 aromatic carbocycles. The van der Waals surface area contributed by atoms with E-state index >= 15 is 0 Å². The highest BCUT2D eigenvalue weighted by atomic mass is 16.5. The summed E-state index contributed by atoms with van der Waals surface area (Å²) >= 11 is 0. The van der Waals surface area contributed by atoms with Crippen LogP contribution in [-0.2, 0) is 0 Å². The minimum Gasteiger partial charge on any atom is -0.317 e. The Kier molecular flexibility index (Phi) is 22.5. The third kappa shape index (κ3) is 20.1. The van der Waals surface area contributed by atoms with Crippen LogP contribution in [0, 0.1) is 0 Å². The van der Waals surface area contributed by atoms with Gasteiger partial charge in [-0.3, -0.25) is 0 Å². The van der Waals surface area contributed by atoms with E-state index in [9.17, 15) is 0 Å². The van der Waals surface area contributed by atoms with E-state index in [2.05, 4.69) is 12.4 Å². The predicted molar refractivity (Wildman–Crippen MR) is 68.4 cm³/mol. The molecule has 0 saturated carbocycles. The van der Waals surface area contributed by atoms with Crippen LogP contribution in [-0.4, -0.2) is 11.8 Å². The highest BCUT2D eigenvalue weighted by molar-refractivity contribution is 4.46. The molecule has 2 heteroatoms. The van der Waals surface area contributed by atoms with Gasteiger partial charge in [0.15, 0.2) is 0 Å². The summed E-state index contributed by atoms with van der Waals surface area (Å²) in [6.07, 6.45) is 12.0. The first-order valence-electron chi connectivity index (χ1n) is 6.78. The number of nitrogens with one attached hydrogen (secondary N) is 1. The SMILES string of the molecule is CC.CCCCCCCCCCCNO. The standard InChI is InChI=1S/C11H25NO.C2H6/c1-2-3-4-5-6-7-8-9-10-11-12-13;1-2/h12-13H,2-11H2,1H3;1-2H3. The molecule has 2 N–H and O–H groups in total. The lowest BCUT2D eigenvalue weighted by atomic mass is 10.1. The van der Waals surface area contributed by atoms with Crippen LogP contribution in [0.1, 0.15) is 78.6 Å². The van der Waals surface area contributed by atoms with Gasteiger partial charge in [0.1, 0.15) is 0 Å². The topological polar surface area (TPSA) is 32.3 Å². The van der Waals surface area contributed by atoms with Crippen molar-refractivity contribution >= 4 is 0 Å². The van der Waals surface area contributed by atoms with Gasteiger partial charge in [0.05, 0.1) is 0 Å². The van der Waals surface area contributed by atoms with E-state index in [1.807, 2.05) is 13.8 Å². The van der Waals surface area contributed by atoms with E-state index in [0.29, 0.717) is 0 Å². The molecule has 0 saturated heterocycles.